The van der Waals surface area contributed by atoms with Gasteiger partial charge < -0.3 is 11.1 Å². The number of carbonyl (C=O) groups is 1. The molecule has 1 aromatic heterocycles. The van der Waals surface area contributed by atoms with Crippen LogP contribution in [0.4, 0.5) is 0 Å². The molecule has 0 bridgehead atoms. The van der Waals surface area contributed by atoms with E-state index in [1.165, 1.54) is 0 Å². The molecule has 0 aliphatic heterocycles. The highest BCUT2D eigenvalue weighted by Gasteiger charge is 2.09. The molecule has 3 N–H and O–H groups in total. The summed E-state index contributed by atoms with van der Waals surface area (Å²) < 4.78 is 1.81. The Morgan fingerprint density at radius 2 is 2.10 bits per heavy atom. The van der Waals surface area contributed by atoms with E-state index in [1.54, 1.807) is 6.92 Å². The van der Waals surface area contributed by atoms with Crippen LogP contribution < -0.4 is 11.1 Å². The normalized spacial score (nSPS) is 11.6. The number of rotatable bonds is 4. The van der Waals surface area contributed by atoms with Crippen molar-refractivity contribution >= 4 is 18.3 Å². The number of nitrogens with one attached hydrogen (secondary N) is 1. The summed E-state index contributed by atoms with van der Waals surface area (Å²) in [6.07, 6.45) is 1.90. The van der Waals surface area contributed by atoms with Gasteiger partial charge in [0.15, 0.2) is 0 Å². The summed E-state index contributed by atoms with van der Waals surface area (Å²) >= 11 is 0. The lowest BCUT2D eigenvalue weighted by Gasteiger charge is -2.12. The fourth-order valence-corrected chi connectivity index (χ4v) is 1.78. The number of halogens is 1. The number of aromatic nitrogens is 2. The molecule has 0 saturated carbocycles. The summed E-state index contributed by atoms with van der Waals surface area (Å²) in [4.78, 5) is 11.5. The Hall–Kier alpha value is -1.85. The van der Waals surface area contributed by atoms with Crippen LogP contribution in [-0.2, 0) is 11.3 Å². The van der Waals surface area contributed by atoms with E-state index in [0.717, 1.165) is 16.9 Å². The molecule has 0 radical (unpaired) electrons. The van der Waals surface area contributed by atoms with Crippen molar-refractivity contribution in [2.75, 3.05) is 0 Å². The molecule has 0 saturated heterocycles. The summed E-state index contributed by atoms with van der Waals surface area (Å²) in [7, 11) is 0. The van der Waals surface area contributed by atoms with Gasteiger partial charge in [0.1, 0.15) is 0 Å². The number of para-hydroxylation sites is 1. The molecule has 1 atom stereocenters. The maximum absolute atomic E-state index is 11.5. The average Bonchev–Trinajstić information content (AvgIpc) is 2.82. The first kappa shape index (κ1) is 16.2. The van der Waals surface area contributed by atoms with E-state index in [9.17, 15) is 4.79 Å². The fourth-order valence-electron chi connectivity index (χ4n) is 1.78. The summed E-state index contributed by atoms with van der Waals surface area (Å²) in [5, 5.41) is 7.19. The molecule has 1 amide bonds. The Morgan fingerprint density at radius 3 is 2.70 bits per heavy atom. The minimum atomic E-state index is -0.501. The van der Waals surface area contributed by atoms with Crippen LogP contribution in [0.25, 0.3) is 5.69 Å². The minimum absolute atomic E-state index is 0. The Balaban J connectivity index is 0.00000200. The number of nitrogens with zero attached hydrogens (tertiary/aromatic N) is 2. The van der Waals surface area contributed by atoms with Crippen LogP contribution in [-0.4, -0.2) is 21.7 Å². The van der Waals surface area contributed by atoms with Crippen molar-refractivity contribution in [2.45, 2.75) is 26.4 Å². The maximum Gasteiger partial charge on any atom is 0.236 e. The lowest BCUT2D eigenvalue weighted by Crippen LogP contribution is -2.37. The van der Waals surface area contributed by atoms with Crippen molar-refractivity contribution in [2.24, 2.45) is 5.73 Å². The third-order valence-corrected chi connectivity index (χ3v) is 2.83. The molecule has 2 rings (SSSR count). The minimum Gasteiger partial charge on any atom is -0.351 e. The van der Waals surface area contributed by atoms with Gasteiger partial charge >= 0.3 is 0 Å². The van der Waals surface area contributed by atoms with Crippen LogP contribution in [0.3, 0.4) is 0 Å². The molecule has 1 heterocycles. The fraction of sp³-hybridized carbons (Fsp3) is 0.286. The summed E-state index contributed by atoms with van der Waals surface area (Å²) in [5.41, 5.74) is 8.43. The quantitative estimate of drug-likeness (QED) is 0.899. The van der Waals surface area contributed by atoms with Gasteiger partial charge in [0.25, 0.3) is 0 Å². The number of carbonyl (C=O) groups excluding carboxylic acids is 1. The largest absolute Gasteiger partial charge is 0.351 e. The second kappa shape index (κ2) is 7.07. The van der Waals surface area contributed by atoms with Crippen molar-refractivity contribution in [3.63, 3.8) is 0 Å². The number of hydrogen-bond acceptors (Lipinski definition) is 3. The van der Waals surface area contributed by atoms with Crippen molar-refractivity contribution in [1.29, 1.82) is 0 Å². The van der Waals surface area contributed by atoms with E-state index in [1.807, 2.05) is 48.1 Å². The molecule has 6 heteroatoms. The van der Waals surface area contributed by atoms with Gasteiger partial charge in [0.2, 0.25) is 5.91 Å². The van der Waals surface area contributed by atoms with E-state index in [0.29, 0.717) is 6.54 Å². The first-order chi connectivity index (χ1) is 9.08. The highest BCUT2D eigenvalue weighted by molar-refractivity contribution is 5.85. The number of amides is 1. The Kier molecular flexibility index (Phi) is 5.73. The monoisotopic (exact) mass is 294 g/mol. The van der Waals surface area contributed by atoms with Crippen LogP contribution in [0, 0.1) is 6.92 Å². The lowest BCUT2D eigenvalue weighted by atomic mass is 10.1. The van der Waals surface area contributed by atoms with E-state index in [2.05, 4.69) is 10.4 Å². The van der Waals surface area contributed by atoms with Crippen LogP contribution in [0.1, 0.15) is 18.2 Å². The average molecular weight is 295 g/mol. The van der Waals surface area contributed by atoms with Crippen molar-refractivity contribution in [3.05, 3.63) is 47.8 Å². The number of hydrogen-bond donors (Lipinski definition) is 2. The van der Waals surface area contributed by atoms with Crippen molar-refractivity contribution < 1.29 is 4.79 Å². The second-order valence-corrected chi connectivity index (χ2v) is 4.54. The van der Waals surface area contributed by atoms with Gasteiger partial charge in [-0.05, 0) is 31.5 Å². The zero-order valence-electron chi connectivity index (χ0n) is 11.5. The standard InChI is InChI=1S/C14H18N4O.ClH/c1-10-7-8-18(17-10)13-6-4-3-5-12(13)9-16-14(19)11(2)15;/h3-8,11H,9,15H2,1-2H3,(H,16,19);1H/t11-;/m1./s1. The molecule has 0 spiro atoms. The van der Waals surface area contributed by atoms with Crippen LogP contribution >= 0.6 is 12.4 Å². The Labute approximate surface area is 124 Å². The predicted molar refractivity (Wildman–Crippen MR) is 81.0 cm³/mol. The smallest absolute Gasteiger partial charge is 0.236 e. The zero-order chi connectivity index (χ0) is 13.8. The van der Waals surface area contributed by atoms with Crippen LogP contribution in [0.5, 0.6) is 0 Å². The molecule has 0 fully saturated rings. The Bertz CT molecular complexity index is 580. The number of aryl methyl sites for hydroxylation is 1. The van der Waals surface area contributed by atoms with E-state index < -0.39 is 6.04 Å². The molecule has 1 aromatic carbocycles. The third kappa shape index (κ3) is 3.82. The molecule has 20 heavy (non-hydrogen) atoms. The van der Waals surface area contributed by atoms with Gasteiger partial charge in [0, 0.05) is 12.7 Å². The molecule has 0 aliphatic rings. The van der Waals surface area contributed by atoms with Gasteiger partial charge in [-0.2, -0.15) is 5.10 Å². The highest BCUT2D eigenvalue weighted by atomic mass is 35.5. The van der Waals surface area contributed by atoms with Crippen molar-refractivity contribution in [3.8, 4) is 5.69 Å². The van der Waals surface area contributed by atoms with Crippen LogP contribution in [0.2, 0.25) is 0 Å². The summed E-state index contributed by atoms with van der Waals surface area (Å²) in [6, 6.07) is 9.26. The van der Waals surface area contributed by atoms with E-state index in [-0.39, 0.29) is 18.3 Å². The summed E-state index contributed by atoms with van der Waals surface area (Å²) in [5.74, 6) is -0.161. The van der Waals surface area contributed by atoms with Crippen molar-refractivity contribution in [1.82, 2.24) is 15.1 Å². The van der Waals surface area contributed by atoms with Gasteiger partial charge in [0.05, 0.1) is 17.4 Å². The predicted octanol–water partition coefficient (Wildman–Crippen LogP) is 1.57. The zero-order valence-corrected chi connectivity index (χ0v) is 12.4. The first-order valence-electron chi connectivity index (χ1n) is 6.22. The second-order valence-electron chi connectivity index (χ2n) is 4.54. The van der Waals surface area contributed by atoms with Gasteiger partial charge in [-0.25, -0.2) is 4.68 Å². The number of benzene rings is 1. The van der Waals surface area contributed by atoms with E-state index in [4.69, 9.17) is 5.73 Å². The van der Waals surface area contributed by atoms with E-state index >= 15 is 0 Å². The maximum atomic E-state index is 11.5. The lowest BCUT2D eigenvalue weighted by molar-refractivity contribution is -0.122. The molecule has 0 aliphatic carbocycles. The molecular weight excluding hydrogens is 276 g/mol. The molecule has 0 unspecified atom stereocenters. The Morgan fingerprint density at radius 1 is 1.40 bits per heavy atom. The first-order valence-corrected chi connectivity index (χ1v) is 6.22. The van der Waals surface area contributed by atoms with Gasteiger partial charge in [-0.3, -0.25) is 4.79 Å². The molecule has 5 nitrogen and oxygen atoms in total. The SMILES string of the molecule is Cc1ccn(-c2ccccc2CNC(=O)[C@@H](C)N)n1.Cl. The highest BCUT2D eigenvalue weighted by Crippen LogP contribution is 2.13. The third-order valence-electron chi connectivity index (χ3n) is 2.83. The molecule has 108 valence electrons. The van der Waals surface area contributed by atoms with Crippen LogP contribution in [0.15, 0.2) is 36.5 Å². The van der Waals surface area contributed by atoms with Gasteiger partial charge in [-0.1, -0.05) is 18.2 Å². The molecule has 2 aromatic rings. The topological polar surface area (TPSA) is 72.9 Å². The van der Waals surface area contributed by atoms with Gasteiger partial charge in [-0.15, -0.1) is 12.4 Å². The summed E-state index contributed by atoms with van der Waals surface area (Å²) in [6.45, 7) is 4.05. The molecular formula is C14H19ClN4O. The number of nitrogens with two attached hydrogens (primary N) is 1.